The van der Waals surface area contributed by atoms with Crippen LogP contribution in [0, 0.1) is 0 Å². The highest BCUT2D eigenvalue weighted by Crippen LogP contribution is 2.24. The van der Waals surface area contributed by atoms with E-state index in [0.717, 1.165) is 23.3 Å². The molecule has 1 atom stereocenters. The average molecular weight is 379 g/mol. The normalized spacial score (nSPS) is 11.8. The number of ether oxygens (including phenoxy) is 1. The Labute approximate surface area is 164 Å². The van der Waals surface area contributed by atoms with Gasteiger partial charge in [-0.3, -0.25) is 4.79 Å². The van der Waals surface area contributed by atoms with E-state index < -0.39 is 0 Å². The third kappa shape index (κ3) is 4.76. The van der Waals surface area contributed by atoms with Crippen molar-refractivity contribution >= 4 is 5.91 Å². The van der Waals surface area contributed by atoms with Crippen LogP contribution in [0.4, 0.5) is 0 Å². The number of nitrogens with one attached hydrogen (secondary N) is 1. The predicted molar refractivity (Wildman–Crippen MR) is 107 cm³/mol. The second kappa shape index (κ2) is 9.17. The lowest BCUT2D eigenvalue weighted by atomic mass is 10.1. The van der Waals surface area contributed by atoms with Gasteiger partial charge in [-0.15, -0.1) is 0 Å². The lowest BCUT2D eigenvalue weighted by molar-refractivity contribution is -0.121. The number of benzene rings is 2. The molecule has 1 N–H and O–H groups in total. The summed E-state index contributed by atoms with van der Waals surface area (Å²) in [5, 5.41) is 7.00. The Kier molecular flexibility index (Phi) is 6.42. The van der Waals surface area contributed by atoms with E-state index in [4.69, 9.17) is 9.26 Å². The second-order valence-electron chi connectivity index (χ2n) is 6.59. The highest BCUT2D eigenvalue weighted by molar-refractivity contribution is 5.76. The van der Waals surface area contributed by atoms with Gasteiger partial charge in [-0.1, -0.05) is 54.5 Å². The van der Waals surface area contributed by atoms with Gasteiger partial charge in [0.15, 0.2) is 0 Å². The minimum atomic E-state index is -0.154. The molecule has 0 spiro atoms. The van der Waals surface area contributed by atoms with Crippen LogP contribution in [0.2, 0.25) is 0 Å². The fraction of sp³-hybridized carbons (Fsp3) is 0.318. The van der Waals surface area contributed by atoms with Crippen LogP contribution in [0.5, 0.6) is 5.75 Å². The largest absolute Gasteiger partial charge is 0.496 e. The SMILES string of the molecule is CCc1ccc(-c2noc(CCC(=O)N[C@@H](C)c3ccccc3OC)n2)cc1. The molecule has 0 aliphatic heterocycles. The molecular weight excluding hydrogens is 354 g/mol. The summed E-state index contributed by atoms with van der Waals surface area (Å²) in [7, 11) is 1.62. The zero-order chi connectivity index (χ0) is 19.9. The minimum absolute atomic E-state index is 0.0783. The van der Waals surface area contributed by atoms with Crippen LogP contribution >= 0.6 is 0 Å². The fourth-order valence-corrected chi connectivity index (χ4v) is 3.00. The van der Waals surface area contributed by atoms with Gasteiger partial charge in [0.05, 0.1) is 13.2 Å². The van der Waals surface area contributed by atoms with E-state index in [-0.39, 0.29) is 18.4 Å². The van der Waals surface area contributed by atoms with E-state index in [9.17, 15) is 4.79 Å². The zero-order valence-electron chi connectivity index (χ0n) is 16.4. The van der Waals surface area contributed by atoms with E-state index >= 15 is 0 Å². The molecule has 146 valence electrons. The number of methoxy groups -OCH3 is 1. The molecule has 0 fully saturated rings. The van der Waals surface area contributed by atoms with E-state index in [1.165, 1.54) is 5.56 Å². The van der Waals surface area contributed by atoms with Gasteiger partial charge in [-0.05, 0) is 25.0 Å². The molecule has 0 radical (unpaired) electrons. The molecule has 3 aromatic rings. The first-order valence-corrected chi connectivity index (χ1v) is 9.45. The van der Waals surface area contributed by atoms with Crippen molar-refractivity contribution in [2.45, 2.75) is 39.2 Å². The van der Waals surface area contributed by atoms with Crippen LogP contribution in [-0.4, -0.2) is 23.2 Å². The monoisotopic (exact) mass is 379 g/mol. The van der Waals surface area contributed by atoms with Gasteiger partial charge in [0.2, 0.25) is 17.6 Å². The van der Waals surface area contributed by atoms with Crippen LogP contribution < -0.4 is 10.1 Å². The summed E-state index contributed by atoms with van der Waals surface area (Å²) in [4.78, 5) is 16.7. The Balaban J connectivity index is 1.55. The summed E-state index contributed by atoms with van der Waals surface area (Å²) >= 11 is 0. The summed E-state index contributed by atoms with van der Waals surface area (Å²) in [6.45, 7) is 4.04. The Hall–Kier alpha value is -3.15. The Morgan fingerprint density at radius 3 is 2.64 bits per heavy atom. The van der Waals surface area contributed by atoms with Gasteiger partial charge < -0.3 is 14.6 Å². The third-order valence-corrected chi connectivity index (χ3v) is 4.64. The van der Waals surface area contributed by atoms with Crippen LogP contribution in [0.25, 0.3) is 11.4 Å². The van der Waals surface area contributed by atoms with Gasteiger partial charge in [0, 0.05) is 24.0 Å². The molecule has 1 heterocycles. The second-order valence-corrected chi connectivity index (χ2v) is 6.59. The van der Waals surface area contributed by atoms with Crippen molar-refractivity contribution in [2.75, 3.05) is 7.11 Å². The Morgan fingerprint density at radius 1 is 1.18 bits per heavy atom. The number of carbonyl (C=O) groups excluding carboxylic acids is 1. The quantitative estimate of drug-likeness (QED) is 0.637. The maximum absolute atomic E-state index is 12.3. The predicted octanol–water partition coefficient (Wildman–Crippen LogP) is 4.12. The first-order chi connectivity index (χ1) is 13.6. The lowest BCUT2D eigenvalue weighted by Gasteiger charge is -2.17. The number of hydrogen-bond donors (Lipinski definition) is 1. The summed E-state index contributed by atoms with van der Waals surface area (Å²) in [6, 6.07) is 15.6. The molecule has 3 rings (SSSR count). The number of nitrogens with zero attached hydrogens (tertiary/aromatic N) is 2. The molecule has 0 bridgehead atoms. The topological polar surface area (TPSA) is 77.2 Å². The number of amides is 1. The Morgan fingerprint density at radius 2 is 1.93 bits per heavy atom. The fourth-order valence-electron chi connectivity index (χ4n) is 3.00. The zero-order valence-corrected chi connectivity index (χ0v) is 16.4. The molecule has 0 saturated carbocycles. The molecule has 1 aromatic heterocycles. The summed E-state index contributed by atoms with van der Waals surface area (Å²) in [5.74, 6) is 1.67. The summed E-state index contributed by atoms with van der Waals surface area (Å²) in [6.07, 6.45) is 1.65. The smallest absolute Gasteiger partial charge is 0.227 e. The molecule has 0 aliphatic rings. The maximum Gasteiger partial charge on any atom is 0.227 e. The van der Waals surface area contributed by atoms with Gasteiger partial charge >= 0.3 is 0 Å². The number of carbonyl (C=O) groups is 1. The number of hydrogen-bond acceptors (Lipinski definition) is 5. The number of aryl methyl sites for hydroxylation is 2. The lowest BCUT2D eigenvalue weighted by Crippen LogP contribution is -2.27. The molecule has 0 saturated heterocycles. The number of rotatable bonds is 8. The van der Waals surface area contributed by atoms with Crippen molar-refractivity contribution in [1.29, 1.82) is 0 Å². The van der Waals surface area contributed by atoms with Crippen LogP contribution in [-0.2, 0) is 17.6 Å². The average Bonchev–Trinajstić information content (AvgIpc) is 3.21. The first-order valence-electron chi connectivity index (χ1n) is 9.45. The molecular formula is C22H25N3O3. The van der Waals surface area contributed by atoms with Gasteiger partial charge in [-0.25, -0.2) is 0 Å². The molecule has 6 heteroatoms. The van der Waals surface area contributed by atoms with Gasteiger partial charge in [0.25, 0.3) is 0 Å². The van der Waals surface area contributed by atoms with Crippen molar-refractivity contribution in [3.63, 3.8) is 0 Å². The Bertz CT molecular complexity index is 919. The molecule has 0 unspecified atom stereocenters. The van der Waals surface area contributed by atoms with Crippen molar-refractivity contribution in [3.8, 4) is 17.1 Å². The molecule has 28 heavy (non-hydrogen) atoms. The van der Waals surface area contributed by atoms with Crippen molar-refractivity contribution in [3.05, 3.63) is 65.5 Å². The highest BCUT2D eigenvalue weighted by atomic mass is 16.5. The molecule has 2 aromatic carbocycles. The van der Waals surface area contributed by atoms with Crippen molar-refractivity contribution < 1.29 is 14.1 Å². The number of para-hydroxylation sites is 1. The third-order valence-electron chi connectivity index (χ3n) is 4.64. The first kappa shape index (κ1) is 19.6. The molecule has 0 aliphatic carbocycles. The van der Waals surface area contributed by atoms with Crippen LogP contribution in [0.1, 0.15) is 43.3 Å². The summed E-state index contributed by atoms with van der Waals surface area (Å²) in [5.41, 5.74) is 3.10. The van der Waals surface area contributed by atoms with E-state index in [0.29, 0.717) is 18.1 Å². The van der Waals surface area contributed by atoms with Gasteiger partial charge in [-0.2, -0.15) is 4.98 Å². The maximum atomic E-state index is 12.3. The summed E-state index contributed by atoms with van der Waals surface area (Å²) < 4.78 is 10.6. The van der Waals surface area contributed by atoms with Crippen molar-refractivity contribution in [2.24, 2.45) is 0 Å². The highest BCUT2D eigenvalue weighted by Gasteiger charge is 2.15. The molecule has 1 amide bonds. The minimum Gasteiger partial charge on any atom is -0.496 e. The molecule has 6 nitrogen and oxygen atoms in total. The van der Waals surface area contributed by atoms with Crippen molar-refractivity contribution in [1.82, 2.24) is 15.5 Å². The van der Waals surface area contributed by atoms with Crippen LogP contribution in [0.15, 0.2) is 53.1 Å². The van der Waals surface area contributed by atoms with E-state index in [2.05, 4.69) is 34.5 Å². The van der Waals surface area contributed by atoms with Crippen LogP contribution in [0.3, 0.4) is 0 Å². The van der Waals surface area contributed by atoms with Gasteiger partial charge in [0.1, 0.15) is 5.75 Å². The van der Waals surface area contributed by atoms with E-state index in [1.807, 2.05) is 43.3 Å². The number of aromatic nitrogens is 2. The standard InChI is InChI=1S/C22H25N3O3/c1-4-16-9-11-17(12-10-16)22-24-21(28-25-22)14-13-20(26)23-15(2)18-7-5-6-8-19(18)27-3/h5-12,15H,4,13-14H2,1-3H3,(H,23,26)/t15-/m0/s1. The van der Waals surface area contributed by atoms with E-state index in [1.54, 1.807) is 7.11 Å².